The lowest BCUT2D eigenvalue weighted by atomic mass is 10.1. The number of rotatable bonds is 7. The number of ether oxygens (including phenoxy) is 2. The third kappa shape index (κ3) is 5.04. The third-order valence-electron chi connectivity index (χ3n) is 4.87. The van der Waals surface area contributed by atoms with Crippen LogP contribution >= 0.6 is 0 Å². The van der Waals surface area contributed by atoms with Crippen molar-refractivity contribution in [2.45, 2.75) is 24.3 Å². The number of hydrogen-bond acceptors (Lipinski definition) is 5. The summed E-state index contributed by atoms with van der Waals surface area (Å²) >= 11 is 0. The Hall–Kier alpha value is -3.36. The molecule has 7 nitrogen and oxygen atoms in total. The van der Waals surface area contributed by atoms with Crippen molar-refractivity contribution in [3.8, 4) is 11.5 Å². The van der Waals surface area contributed by atoms with E-state index in [9.17, 15) is 13.2 Å². The summed E-state index contributed by atoms with van der Waals surface area (Å²) in [6.45, 7) is 2.00. The van der Waals surface area contributed by atoms with Gasteiger partial charge in [0.15, 0.2) is 11.5 Å². The second-order valence-electron chi connectivity index (χ2n) is 7.23. The monoisotopic (exact) mass is 438 g/mol. The number of nitrogens with one attached hydrogen (secondary N) is 2. The smallest absolute Gasteiger partial charge is 0.242 e. The van der Waals surface area contributed by atoms with Crippen LogP contribution in [-0.2, 0) is 21.2 Å². The summed E-state index contributed by atoms with van der Waals surface area (Å²) in [7, 11) is -3.90. The van der Waals surface area contributed by atoms with Gasteiger partial charge in [0.2, 0.25) is 22.7 Å². The molecule has 1 amide bonds. The van der Waals surface area contributed by atoms with E-state index in [1.165, 1.54) is 12.1 Å². The van der Waals surface area contributed by atoms with E-state index in [2.05, 4.69) is 10.0 Å². The van der Waals surface area contributed by atoms with Gasteiger partial charge in [-0.2, -0.15) is 4.72 Å². The maximum absolute atomic E-state index is 13.1. The zero-order valence-electron chi connectivity index (χ0n) is 16.9. The van der Waals surface area contributed by atoms with Gasteiger partial charge < -0.3 is 14.8 Å². The van der Waals surface area contributed by atoms with Crippen molar-refractivity contribution in [2.75, 3.05) is 12.1 Å². The molecule has 0 saturated carbocycles. The Balaban J connectivity index is 1.57. The average molecular weight is 439 g/mol. The van der Waals surface area contributed by atoms with Gasteiger partial charge in [-0.05, 0) is 43.2 Å². The van der Waals surface area contributed by atoms with Crippen LogP contribution in [0.2, 0.25) is 0 Å². The first-order valence-electron chi connectivity index (χ1n) is 9.74. The molecule has 0 bridgehead atoms. The lowest BCUT2D eigenvalue weighted by Crippen LogP contribution is -2.45. The van der Waals surface area contributed by atoms with E-state index in [-0.39, 0.29) is 18.1 Å². The topological polar surface area (TPSA) is 93.7 Å². The van der Waals surface area contributed by atoms with Gasteiger partial charge in [-0.1, -0.05) is 48.0 Å². The Morgan fingerprint density at radius 3 is 2.42 bits per heavy atom. The first-order chi connectivity index (χ1) is 14.9. The number of carbonyl (C=O) groups excluding carboxylic acids is 1. The molecular weight excluding hydrogens is 416 g/mol. The molecule has 1 aliphatic heterocycles. The van der Waals surface area contributed by atoms with Crippen LogP contribution in [0, 0.1) is 6.92 Å². The fourth-order valence-electron chi connectivity index (χ4n) is 3.21. The van der Waals surface area contributed by atoms with Crippen molar-refractivity contribution < 1.29 is 22.7 Å². The number of anilines is 1. The van der Waals surface area contributed by atoms with Gasteiger partial charge in [-0.15, -0.1) is 0 Å². The summed E-state index contributed by atoms with van der Waals surface area (Å²) in [5.74, 6) is 0.648. The Morgan fingerprint density at radius 1 is 0.968 bits per heavy atom. The minimum absolute atomic E-state index is 0.104. The second kappa shape index (κ2) is 8.79. The van der Waals surface area contributed by atoms with Gasteiger partial charge in [0, 0.05) is 11.8 Å². The predicted molar refractivity (Wildman–Crippen MR) is 117 cm³/mol. The van der Waals surface area contributed by atoms with Gasteiger partial charge in [-0.25, -0.2) is 8.42 Å². The molecule has 4 rings (SSSR count). The van der Waals surface area contributed by atoms with E-state index in [1.54, 1.807) is 30.3 Å². The third-order valence-corrected chi connectivity index (χ3v) is 6.36. The van der Waals surface area contributed by atoms with Crippen molar-refractivity contribution in [2.24, 2.45) is 0 Å². The molecular formula is C23H22N2O5S. The molecule has 0 radical (unpaired) electrons. The van der Waals surface area contributed by atoms with E-state index in [0.29, 0.717) is 17.2 Å². The SMILES string of the molecule is Cc1ccc(S(=O)(=O)N[C@@H](Cc2ccccc2)C(=O)Nc2ccc3c(c2)OCO3)cc1. The van der Waals surface area contributed by atoms with Gasteiger partial charge >= 0.3 is 0 Å². The van der Waals surface area contributed by atoms with E-state index in [1.807, 2.05) is 37.3 Å². The number of fused-ring (bicyclic) bond motifs is 1. The lowest BCUT2D eigenvalue weighted by Gasteiger charge is -2.19. The van der Waals surface area contributed by atoms with Gasteiger partial charge in [0.1, 0.15) is 6.04 Å². The van der Waals surface area contributed by atoms with Crippen LogP contribution < -0.4 is 19.5 Å². The quantitative estimate of drug-likeness (QED) is 0.591. The molecule has 1 aliphatic rings. The van der Waals surface area contributed by atoms with Crippen LogP contribution in [-0.4, -0.2) is 27.2 Å². The zero-order chi connectivity index (χ0) is 21.8. The van der Waals surface area contributed by atoms with Crippen LogP contribution in [0.25, 0.3) is 0 Å². The normalized spacial score (nSPS) is 13.6. The number of hydrogen-bond donors (Lipinski definition) is 2. The minimum Gasteiger partial charge on any atom is -0.454 e. The van der Waals surface area contributed by atoms with E-state index >= 15 is 0 Å². The standard InChI is InChI=1S/C23H22N2O5S/c1-16-7-10-19(11-8-16)31(27,28)25-20(13-17-5-3-2-4-6-17)23(26)24-18-9-12-21-22(14-18)30-15-29-21/h2-12,14,20,25H,13,15H2,1H3,(H,24,26)/t20-/m0/s1. The van der Waals surface area contributed by atoms with E-state index in [4.69, 9.17) is 9.47 Å². The Morgan fingerprint density at radius 2 is 1.68 bits per heavy atom. The van der Waals surface area contributed by atoms with E-state index in [0.717, 1.165) is 11.1 Å². The van der Waals surface area contributed by atoms with Crippen LogP contribution in [0.5, 0.6) is 11.5 Å². The highest BCUT2D eigenvalue weighted by Crippen LogP contribution is 2.34. The van der Waals surface area contributed by atoms with Crippen LogP contribution in [0.1, 0.15) is 11.1 Å². The number of amides is 1. The predicted octanol–water partition coefficient (Wildman–Crippen LogP) is 3.25. The molecule has 0 fully saturated rings. The first kappa shape index (κ1) is 20.9. The van der Waals surface area contributed by atoms with Gasteiger partial charge in [0.25, 0.3) is 0 Å². The second-order valence-corrected chi connectivity index (χ2v) is 8.95. The van der Waals surface area contributed by atoms with Crippen LogP contribution in [0.4, 0.5) is 5.69 Å². The molecule has 8 heteroatoms. The molecule has 0 saturated heterocycles. The molecule has 1 heterocycles. The molecule has 0 aliphatic carbocycles. The number of carbonyl (C=O) groups is 1. The molecule has 3 aromatic carbocycles. The van der Waals surface area contributed by atoms with Gasteiger partial charge in [0.05, 0.1) is 4.90 Å². The summed E-state index contributed by atoms with van der Waals surface area (Å²) in [5, 5.41) is 2.77. The fraction of sp³-hybridized carbons (Fsp3) is 0.174. The maximum Gasteiger partial charge on any atom is 0.242 e. The Bertz CT molecular complexity index is 1180. The molecule has 0 spiro atoms. The number of benzene rings is 3. The molecule has 3 aromatic rings. The number of sulfonamides is 1. The van der Waals surface area contributed by atoms with Crippen molar-refractivity contribution in [3.05, 3.63) is 83.9 Å². The average Bonchev–Trinajstić information content (AvgIpc) is 3.22. The molecule has 0 aromatic heterocycles. The summed E-state index contributed by atoms with van der Waals surface area (Å²) in [6.07, 6.45) is 0.197. The first-order valence-corrected chi connectivity index (χ1v) is 11.2. The molecule has 31 heavy (non-hydrogen) atoms. The van der Waals surface area contributed by atoms with Crippen molar-refractivity contribution in [1.82, 2.24) is 4.72 Å². The molecule has 0 unspecified atom stereocenters. The Kier molecular flexibility index (Phi) is 5.92. The molecule has 2 N–H and O–H groups in total. The van der Waals surface area contributed by atoms with Crippen LogP contribution in [0.15, 0.2) is 77.7 Å². The Labute approximate surface area is 181 Å². The van der Waals surface area contributed by atoms with Crippen molar-refractivity contribution in [3.63, 3.8) is 0 Å². The van der Waals surface area contributed by atoms with Gasteiger partial charge in [-0.3, -0.25) is 4.79 Å². The maximum atomic E-state index is 13.1. The fourth-order valence-corrected chi connectivity index (χ4v) is 4.41. The highest BCUT2D eigenvalue weighted by atomic mass is 32.2. The summed E-state index contributed by atoms with van der Waals surface area (Å²) in [5.41, 5.74) is 2.27. The lowest BCUT2D eigenvalue weighted by molar-refractivity contribution is -0.117. The van der Waals surface area contributed by atoms with Crippen LogP contribution in [0.3, 0.4) is 0 Å². The van der Waals surface area contributed by atoms with E-state index < -0.39 is 22.0 Å². The van der Waals surface area contributed by atoms with Crippen molar-refractivity contribution in [1.29, 1.82) is 0 Å². The summed E-state index contributed by atoms with van der Waals surface area (Å²) in [6, 6.07) is 19.7. The van der Waals surface area contributed by atoms with Crippen molar-refractivity contribution >= 4 is 21.6 Å². The molecule has 160 valence electrons. The summed E-state index contributed by atoms with van der Waals surface area (Å²) < 4.78 is 39.0. The largest absolute Gasteiger partial charge is 0.454 e. The molecule has 1 atom stereocenters. The number of aryl methyl sites for hydroxylation is 1. The summed E-state index contributed by atoms with van der Waals surface area (Å²) in [4.78, 5) is 13.2. The zero-order valence-corrected chi connectivity index (χ0v) is 17.7. The minimum atomic E-state index is -3.90. The highest BCUT2D eigenvalue weighted by Gasteiger charge is 2.26. The highest BCUT2D eigenvalue weighted by molar-refractivity contribution is 7.89.